The number of hydrogen-bond donors (Lipinski definition) is 3. The Hall–Kier alpha value is -1.10. The highest BCUT2D eigenvalue weighted by molar-refractivity contribution is 5.78. The lowest BCUT2D eigenvalue weighted by atomic mass is 10.2. The third-order valence-electron chi connectivity index (χ3n) is 1.91. The number of hydrogen-bond acceptors (Lipinski definition) is 3. The van der Waals surface area contributed by atoms with Gasteiger partial charge in [-0.15, -0.1) is 0 Å². The van der Waals surface area contributed by atoms with Gasteiger partial charge in [0.05, 0.1) is 0 Å². The summed E-state index contributed by atoms with van der Waals surface area (Å²) in [6.07, 6.45) is 0.542. The zero-order valence-electron chi connectivity index (χ0n) is 7.72. The Morgan fingerprint density at radius 2 is 2.38 bits per heavy atom. The topological polar surface area (TPSA) is 70.2 Å². The van der Waals surface area contributed by atoms with Crippen molar-refractivity contribution in [2.45, 2.75) is 19.4 Å². The number of rotatable bonds is 4. The van der Waals surface area contributed by atoms with Crippen molar-refractivity contribution >= 4 is 11.8 Å². The maximum absolute atomic E-state index is 10.8. The molecule has 1 aliphatic rings. The molecular formula is C8H15N3O2. The lowest BCUT2D eigenvalue weighted by molar-refractivity contribution is -0.120. The second-order valence-corrected chi connectivity index (χ2v) is 3.14. The molecule has 5 nitrogen and oxygen atoms in total. The molecule has 74 valence electrons. The molecule has 0 radical (unpaired) electrons. The van der Waals surface area contributed by atoms with Crippen LogP contribution >= 0.6 is 0 Å². The quantitative estimate of drug-likeness (QED) is 0.472. The van der Waals surface area contributed by atoms with Gasteiger partial charge in [0.15, 0.2) is 0 Å². The van der Waals surface area contributed by atoms with E-state index in [1.165, 1.54) is 6.92 Å². The highest BCUT2D eigenvalue weighted by Crippen LogP contribution is 1.97. The molecule has 0 aromatic carbocycles. The molecule has 5 heteroatoms. The van der Waals surface area contributed by atoms with Gasteiger partial charge in [-0.25, -0.2) is 0 Å². The molecule has 1 atom stereocenters. The molecule has 1 aliphatic heterocycles. The van der Waals surface area contributed by atoms with E-state index in [9.17, 15) is 9.59 Å². The van der Waals surface area contributed by atoms with Crippen LogP contribution in [0.1, 0.15) is 13.3 Å². The minimum absolute atomic E-state index is 0.0255. The molecule has 0 saturated carbocycles. The monoisotopic (exact) mass is 185 g/mol. The van der Waals surface area contributed by atoms with Gasteiger partial charge < -0.3 is 16.0 Å². The van der Waals surface area contributed by atoms with E-state index >= 15 is 0 Å². The fourth-order valence-electron chi connectivity index (χ4n) is 1.26. The summed E-state index contributed by atoms with van der Waals surface area (Å²) in [5, 5.41) is 8.57. The average Bonchev–Trinajstić information content (AvgIpc) is 2.45. The first-order chi connectivity index (χ1) is 6.18. The summed E-state index contributed by atoms with van der Waals surface area (Å²) in [4.78, 5) is 21.3. The van der Waals surface area contributed by atoms with Crippen LogP contribution in [0.15, 0.2) is 0 Å². The fraction of sp³-hybridized carbons (Fsp3) is 0.750. The second-order valence-electron chi connectivity index (χ2n) is 3.14. The molecule has 2 amide bonds. The Bertz CT molecular complexity index is 206. The van der Waals surface area contributed by atoms with Crippen molar-refractivity contribution in [2.24, 2.45) is 0 Å². The molecule has 0 aliphatic carbocycles. The van der Waals surface area contributed by atoms with Crippen LogP contribution in [-0.2, 0) is 9.59 Å². The van der Waals surface area contributed by atoms with Crippen LogP contribution in [0.5, 0.6) is 0 Å². The van der Waals surface area contributed by atoms with Crippen molar-refractivity contribution in [3.05, 3.63) is 0 Å². The predicted octanol–water partition coefficient (Wildman–Crippen LogP) is -1.40. The summed E-state index contributed by atoms with van der Waals surface area (Å²) in [6, 6.07) is 0.223. The Labute approximate surface area is 77.3 Å². The normalized spacial score (nSPS) is 21.3. The van der Waals surface area contributed by atoms with Gasteiger partial charge in [-0.05, 0) is 0 Å². The molecule has 0 spiro atoms. The van der Waals surface area contributed by atoms with Gasteiger partial charge in [0, 0.05) is 39.0 Å². The van der Waals surface area contributed by atoms with Crippen molar-refractivity contribution in [3.8, 4) is 0 Å². The molecule has 0 aromatic rings. The molecule has 13 heavy (non-hydrogen) atoms. The summed E-state index contributed by atoms with van der Waals surface area (Å²) in [6.45, 7) is 3.50. The van der Waals surface area contributed by atoms with E-state index in [0.717, 1.165) is 0 Å². The van der Waals surface area contributed by atoms with Crippen LogP contribution in [0.25, 0.3) is 0 Å². The SMILES string of the molecule is CC(=O)NCCNC1CNC(=O)C1. The smallest absolute Gasteiger partial charge is 0.221 e. The number of nitrogens with one attached hydrogen (secondary N) is 3. The first-order valence-electron chi connectivity index (χ1n) is 4.43. The maximum Gasteiger partial charge on any atom is 0.221 e. The van der Waals surface area contributed by atoms with Gasteiger partial charge in [-0.3, -0.25) is 9.59 Å². The second kappa shape index (κ2) is 4.81. The van der Waals surface area contributed by atoms with Gasteiger partial charge in [0.2, 0.25) is 11.8 Å². The Morgan fingerprint density at radius 3 is 2.92 bits per heavy atom. The van der Waals surface area contributed by atoms with Crippen LogP contribution in [-0.4, -0.2) is 37.5 Å². The van der Waals surface area contributed by atoms with E-state index in [4.69, 9.17) is 0 Å². The Balaban J connectivity index is 2.00. The summed E-state index contributed by atoms with van der Waals surface area (Å²) in [5.74, 6) is 0.0689. The van der Waals surface area contributed by atoms with Crippen molar-refractivity contribution in [3.63, 3.8) is 0 Å². The maximum atomic E-state index is 10.8. The molecule has 1 heterocycles. The third-order valence-corrected chi connectivity index (χ3v) is 1.91. The number of amides is 2. The standard InChI is InChI=1S/C8H15N3O2/c1-6(12)9-2-3-10-7-4-8(13)11-5-7/h7,10H,2-5H2,1H3,(H,9,12)(H,11,13). The molecule has 1 unspecified atom stereocenters. The average molecular weight is 185 g/mol. The summed E-state index contributed by atoms with van der Waals surface area (Å²) in [7, 11) is 0. The lowest BCUT2D eigenvalue weighted by Gasteiger charge is -2.09. The summed E-state index contributed by atoms with van der Waals surface area (Å²) in [5.41, 5.74) is 0. The van der Waals surface area contributed by atoms with Gasteiger partial charge in [-0.2, -0.15) is 0 Å². The van der Waals surface area contributed by atoms with Crippen LogP contribution in [0.3, 0.4) is 0 Å². The minimum Gasteiger partial charge on any atom is -0.355 e. The molecule has 1 rings (SSSR count). The van der Waals surface area contributed by atoms with Crippen molar-refractivity contribution in [1.82, 2.24) is 16.0 Å². The molecule has 3 N–H and O–H groups in total. The van der Waals surface area contributed by atoms with E-state index in [1.807, 2.05) is 0 Å². The van der Waals surface area contributed by atoms with Gasteiger partial charge >= 0.3 is 0 Å². The van der Waals surface area contributed by atoms with Crippen LogP contribution in [0.4, 0.5) is 0 Å². The van der Waals surface area contributed by atoms with Gasteiger partial charge in [0.1, 0.15) is 0 Å². The van der Waals surface area contributed by atoms with Gasteiger partial charge in [-0.1, -0.05) is 0 Å². The van der Waals surface area contributed by atoms with E-state index in [1.54, 1.807) is 0 Å². The van der Waals surface area contributed by atoms with Gasteiger partial charge in [0.25, 0.3) is 0 Å². The molecule has 0 aromatic heterocycles. The lowest BCUT2D eigenvalue weighted by Crippen LogP contribution is -2.37. The Morgan fingerprint density at radius 1 is 1.62 bits per heavy atom. The van der Waals surface area contributed by atoms with Crippen LogP contribution in [0.2, 0.25) is 0 Å². The number of carbonyl (C=O) groups excluding carboxylic acids is 2. The van der Waals surface area contributed by atoms with E-state index in [-0.39, 0.29) is 17.9 Å². The molecule has 1 saturated heterocycles. The minimum atomic E-state index is -0.0255. The summed E-state index contributed by atoms with van der Waals surface area (Å²) < 4.78 is 0. The predicted molar refractivity (Wildman–Crippen MR) is 48.1 cm³/mol. The number of carbonyl (C=O) groups is 2. The largest absolute Gasteiger partial charge is 0.355 e. The molecule has 1 fully saturated rings. The van der Waals surface area contributed by atoms with E-state index in [0.29, 0.717) is 26.1 Å². The Kier molecular flexibility index (Phi) is 3.70. The van der Waals surface area contributed by atoms with E-state index < -0.39 is 0 Å². The fourth-order valence-corrected chi connectivity index (χ4v) is 1.26. The zero-order valence-corrected chi connectivity index (χ0v) is 7.72. The highest BCUT2D eigenvalue weighted by atomic mass is 16.2. The van der Waals surface area contributed by atoms with Crippen molar-refractivity contribution in [1.29, 1.82) is 0 Å². The highest BCUT2D eigenvalue weighted by Gasteiger charge is 2.19. The first-order valence-corrected chi connectivity index (χ1v) is 4.43. The van der Waals surface area contributed by atoms with Crippen LogP contribution < -0.4 is 16.0 Å². The zero-order chi connectivity index (χ0) is 9.68. The first kappa shape index (κ1) is 9.98. The summed E-state index contributed by atoms with van der Waals surface area (Å²) >= 11 is 0. The third kappa shape index (κ3) is 3.89. The van der Waals surface area contributed by atoms with E-state index in [2.05, 4.69) is 16.0 Å². The van der Waals surface area contributed by atoms with Crippen molar-refractivity contribution in [2.75, 3.05) is 19.6 Å². The van der Waals surface area contributed by atoms with Crippen LogP contribution in [0, 0.1) is 0 Å². The molecule has 0 bridgehead atoms. The van der Waals surface area contributed by atoms with Crippen molar-refractivity contribution < 1.29 is 9.59 Å². The molecular weight excluding hydrogens is 170 g/mol.